The van der Waals surface area contributed by atoms with Gasteiger partial charge in [0.15, 0.2) is 0 Å². The first-order valence-electron chi connectivity index (χ1n) is 7.32. The van der Waals surface area contributed by atoms with Gasteiger partial charge in [-0.25, -0.2) is 0 Å². The standard InChI is InChI=1S/C18H20P2/c1-19-11-13-7-3-5-9-15(13)17(19)18-16-10-6-4-8-14(16)12-20(18)2/h3-10,17-18H,11-12H2,1-2H3/t17-,18-,19+,20+/m0/s1. The van der Waals surface area contributed by atoms with E-state index in [0.29, 0.717) is 0 Å². The van der Waals surface area contributed by atoms with E-state index in [1.807, 2.05) is 0 Å². The van der Waals surface area contributed by atoms with Crippen LogP contribution >= 0.6 is 15.8 Å². The second-order valence-corrected chi connectivity index (χ2v) is 10.9. The van der Waals surface area contributed by atoms with Crippen LogP contribution in [0.25, 0.3) is 0 Å². The van der Waals surface area contributed by atoms with Gasteiger partial charge in [-0.3, -0.25) is 0 Å². The van der Waals surface area contributed by atoms with E-state index in [9.17, 15) is 0 Å². The summed E-state index contributed by atoms with van der Waals surface area (Å²) in [5.41, 5.74) is 8.19. The molecule has 0 nitrogen and oxygen atoms in total. The fraction of sp³-hybridized carbons (Fsp3) is 0.333. The van der Waals surface area contributed by atoms with Crippen LogP contribution in [-0.2, 0) is 12.3 Å². The molecule has 102 valence electrons. The maximum Gasteiger partial charge on any atom is 0.0153 e. The van der Waals surface area contributed by atoms with Crippen LogP contribution in [0, 0.1) is 0 Å². The van der Waals surface area contributed by atoms with E-state index in [1.165, 1.54) is 12.3 Å². The summed E-state index contributed by atoms with van der Waals surface area (Å²) in [6.07, 6.45) is 2.66. The van der Waals surface area contributed by atoms with Crippen LogP contribution in [-0.4, -0.2) is 13.3 Å². The van der Waals surface area contributed by atoms with Gasteiger partial charge in [-0.1, -0.05) is 64.4 Å². The van der Waals surface area contributed by atoms with Gasteiger partial charge >= 0.3 is 0 Å². The lowest BCUT2D eigenvalue weighted by Crippen LogP contribution is -2.03. The molecule has 2 aliphatic rings. The molecule has 0 saturated carbocycles. The molecule has 0 bridgehead atoms. The first-order chi connectivity index (χ1) is 9.75. The highest BCUT2D eigenvalue weighted by molar-refractivity contribution is 7.61. The Kier molecular flexibility index (Phi) is 3.21. The van der Waals surface area contributed by atoms with Gasteiger partial charge in [-0.15, -0.1) is 0 Å². The van der Waals surface area contributed by atoms with E-state index < -0.39 is 0 Å². The summed E-state index contributed by atoms with van der Waals surface area (Å²) in [4.78, 5) is 0. The Bertz CT molecular complexity index is 592. The van der Waals surface area contributed by atoms with Gasteiger partial charge < -0.3 is 0 Å². The molecule has 2 heterocycles. The molecule has 20 heavy (non-hydrogen) atoms. The summed E-state index contributed by atoms with van der Waals surface area (Å²) in [7, 11) is 0.198. The van der Waals surface area contributed by atoms with Crippen LogP contribution in [0.1, 0.15) is 33.6 Å². The largest absolute Gasteiger partial charge is 0.0967 e. The molecule has 0 amide bonds. The molecule has 0 radical (unpaired) electrons. The van der Waals surface area contributed by atoms with Crippen molar-refractivity contribution >= 4 is 15.8 Å². The Balaban J connectivity index is 1.82. The third-order valence-corrected chi connectivity index (χ3v) is 9.80. The third kappa shape index (κ3) is 1.89. The van der Waals surface area contributed by atoms with Crippen LogP contribution in [0.5, 0.6) is 0 Å². The van der Waals surface area contributed by atoms with Crippen molar-refractivity contribution in [1.82, 2.24) is 0 Å². The number of hydrogen-bond acceptors (Lipinski definition) is 0. The zero-order chi connectivity index (χ0) is 13.7. The molecule has 2 aromatic carbocycles. The molecule has 0 spiro atoms. The first-order valence-corrected chi connectivity index (χ1v) is 11.4. The summed E-state index contributed by atoms with van der Waals surface area (Å²) in [5, 5.41) is 0. The van der Waals surface area contributed by atoms with Gasteiger partial charge in [-0.2, -0.15) is 0 Å². The molecule has 0 unspecified atom stereocenters. The Morgan fingerprint density at radius 3 is 1.55 bits per heavy atom. The summed E-state index contributed by atoms with van der Waals surface area (Å²) in [6.45, 7) is 5.04. The van der Waals surface area contributed by atoms with E-state index in [-0.39, 0.29) is 15.8 Å². The molecule has 0 fully saturated rings. The van der Waals surface area contributed by atoms with Crippen LogP contribution in [0.4, 0.5) is 0 Å². The fourth-order valence-electron chi connectivity index (χ4n) is 3.96. The van der Waals surface area contributed by atoms with Gasteiger partial charge in [-0.05, 0) is 47.9 Å². The number of hydrogen-bond donors (Lipinski definition) is 0. The van der Waals surface area contributed by atoms with Crippen LogP contribution in [0.3, 0.4) is 0 Å². The minimum Gasteiger partial charge on any atom is -0.0967 e. The van der Waals surface area contributed by atoms with Crippen LogP contribution < -0.4 is 0 Å². The molecule has 2 aromatic rings. The molecular weight excluding hydrogens is 278 g/mol. The fourth-order valence-corrected chi connectivity index (χ4v) is 10.1. The quantitative estimate of drug-likeness (QED) is 0.591. The Labute approximate surface area is 124 Å². The average molecular weight is 298 g/mol. The Morgan fingerprint density at radius 2 is 1.10 bits per heavy atom. The highest BCUT2D eigenvalue weighted by Gasteiger charge is 2.41. The van der Waals surface area contributed by atoms with Crippen molar-refractivity contribution in [2.24, 2.45) is 0 Å². The summed E-state index contributed by atoms with van der Waals surface area (Å²) < 4.78 is 0. The minimum atomic E-state index is 0.0988. The number of benzene rings is 2. The zero-order valence-electron chi connectivity index (χ0n) is 12.1. The maximum absolute atomic E-state index is 2.52. The lowest BCUT2D eigenvalue weighted by molar-refractivity contribution is 0.900. The highest BCUT2D eigenvalue weighted by Crippen LogP contribution is 2.73. The van der Waals surface area contributed by atoms with Crippen molar-refractivity contribution < 1.29 is 0 Å². The van der Waals surface area contributed by atoms with Gasteiger partial charge in [0.2, 0.25) is 0 Å². The summed E-state index contributed by atoms with van der Waals surface area (Å²) in [6, 6.07) is 18.4. The average Bonchev–Trinajstić information content (AvgIpc) is 2.94. The molecular formula is C18H20P2. The minimum absolute atomic E-state index is 0.0988. The van der Waals surface area contributed by atoms with Gasteiger partial charge in [0, 0.05) is 11.3 Å². The first kappa shape index (κ1) is 13.0. The van der Waals surface area contributed by atoms with Crippen molar-refractivity contribution in [3.8, 4) is 0 Å². The molecule has 0 N–H and O–H groups in total. The van der Waals surface area contributed by atoms with Crippen LogP contribution in [0.2, 0.25) is 0 Å². The second-order valence-electron chi connectivity index (χ2n) is 6.12. The number of fused-ring (bicyclic) bond motifs is 2. The van der Waals surface area contributed by atoms with E-state index in [1.54, 1.807) is 22.3 Å². The summed E-state index contributed by atoms with van der Waals surface area (Å²) >= 11 is 0. The predicted molar refractivity (Wildman–Crippen MR) is 91.5 cm³/mol. The van der Waals surface area contributed by atoms with Gasteiger partial charge in [0.05, 0.1) is 0 Å². The lowest BCUT2D eigenvalue weighted by atomic mass is 9.98. The SMILES string of the molecule is C[P@]1Cc2ccccc2[C@H]1[C@@H]1c2ccccc2C[P@@]1C. The number of rotatable bonds is 1. The van der Waals surface area contributed by atoms with Gasteiger partial charge in [0.1, 0.15) is 0 Å². The molecule has 0 aliphatic carbocycles. The molecule has 2 heteroatoms. The van der Waals surface area contributed by atoms with Crippen molar-refractivity contribution in [2.45, 2.75) is 23.6 Å². The van der Waals surface area contributed by atoms with Crippen molar-refractivity contribution in [3.63, 3.8) is 0 Å². The molecule has 4 atom stereocenters. The third-order valence-electron chi connectivity index (χ3n) is 4.84. The van der Waals surface area contributed by atoms with Gasteiger partial charge in [0.25, 0.3) is 0 Å². The topological polar surface area (TPSA) is 0 Å². The second kappa shape index (κ2) is 4.94. The normalized spacial score (nSPS) is 31.1. The predicted octanol–water partition coefficient (Wildman–Crippen LogP) is 5.72. The molecule has 0 aromatic heterocycles. The summed E-state index contributed by atoms with van der Waals surface area (Å²) in [5.74, 6) is 0. The Hall–Kier alpha value is -0.700. The van der Waals surface area contributed by atoms with Crippen molar-refractivity contribution in [1.29, 1.82) is 0 Å². The van der Waals surface area contributed by atoms with Crippen LogP contribution in [0.15, 0.2) is 48.5 Å². The maximum atomic E-state index is 2.52. The van der Waals surface area contributed by atoms with E-state index in [2.05, 4.69) is 61.9 Å². The van der Waals surface area contributed by atoms with E-state index >= 15 is 0 Å². The highest BCUT2D eigenvalue weighted by atomic mass is 31.1. The molecule has 4 rings (SSSR count). The lowest BCUT2D eigenvalue weighted by Gasteiger charge is -2.29. The van der Waals surface area contributed by atoms with E-state index in [4.69, 9.17) is 0 Å². The van der Waals surface area contributed by atoms with Crippen molar-refractivity contribution in [3.05, 3.63) is 70.8 Å². The molecule has 0 saturated heterocycles. The Morgan fingerprint density at radius 1 is 0.700 bits per heavy atom. The monoisotopic (exact) mass is 298 g/mol. The van der Waals surface area contributed by atoms with E-state index in [0.717, 1.165) is 11.3 Å². The van der Waals surface area contributed by atoms with Crippen molar-refractivity contribution in [2.75, 3.05) is 13.3 Å². The zero-order valence-corrected chi connectivity index (χ0v) is 13.9. The smallest absolute Gasteiger partial charge is 0.0153 e. The molecule has 2 aliphatic heterocycles.